The molecule has 0 unspecified atom stereocenters. The Bertz CT molecular complexity index is 843. The number of aryl methyl sites for hydroxylation is 1. The number of ether oxygens (including phenoxy) is 1. The third-order valence-electron chi connectivity index (χ3n) is 2.83. The minimum absolute atomic E-state index is 0.0883. The van der Waals surface area contributed by atoms with E-state index in [1.807, 2.05) is 6.07 Å². The summed E-state index contributed by atoms with van der Waals surface area (Å²) in [6.45, 7) is 2.94. The molecule has 0 aliphatic carbocycles. The zero-order valence-electron chi connectivity index (χ0n) is 11.7. The number of nitriles is 1. The molecule has 0 spiro atoms. The Morgan fingerprint density at radius 2 is 1.86 bits per heavy atom. The summed E-state index contributed by atoms with van der Waals surface area (Å²) in [5, 5.41) is 9.52. The smallest absolute Gasteiger partial charge is 0.308 e. The molecule has 1 N–H and O–H groups in total. The second-order valence-electron chi connectivity index (χ2n) is 4.54. The average Bonchev–Trinajstić information content (AvgIpc) is 2.36. The van der Waals surface area contributed by atoms with Gasteiger partial charge in [-0.05, 0) is 13.0 Å². The van der Waals surface area contributed by atoms with Gasteiger partial charge >= 0.3 is 5.97 Å². The monoisotopic (exact) mass is 336 g/mol. The van der Waals surface area contributed by atoms with Gasteiger partial charge in [0.15, 0.2) is 0 Å². The minimum atomic E-state index is -0.520. The van der Waals surface area contributed by atoms with E-state index < -0.39 is 11.5 Å². The predicted molar refractivity (Wildman–Crippen MR) is 83.3 cm³/mol. The van der Waals surface area contributed by atoms with Crippen LogP contribution in [0.3, 0.4) is 0 Å². The zero-order valence-corrected chi connectivity index (χ0v) is 13.2. The third-order valence-corrected chi connectivity index (χ3v) is 3.42. The highest BCUT2D eigenvalue weighted by Crippen LogP contribution is 2.39. The molecule has 0 aliphatic heterocycles. The Labute approximate surface area is 136 Å². The van der Waals surface area contributed by atoms with Crippen molar-refractivity contribution in [2.45, 2.75) is 13.8 Å². The van der Waals surface area contributed by atoms with E-state index in [0.29, 0.717) is 16.8 Å². The van der Waals surface area contributed by atoms with E-state index in [9.17, 15) is 14.9 Å². The topological polar surface area (TPSA) is 83.0 Å². The van der Waals surface area contributed by atoms with Gasteiger partial charge in [-0.15, -0.1) is 0 Å². The SMILES string of the molecule is CC(=O)Oc1cc(Cl)c(-c2cc(C)[nH]c(=O)c2C#N)c(Cl)c1. The number of halogens is 2. The van der Waals surface area contributed by atoms with Crippen LogP contribution >= 0.6 is 23.2 Å². The number of carbonyl (C=O) groups is 1. The van der Waals surface area contributed by atoms with E-state index in [0.717, 1.165) is 0 Å². The van der Waals surface area contributed by atoms with Crippen LogP contribution in [0.15, 0.2) is 23.0 Å². The molecule has 0 saturated carbocycles. The molecular weight excluding hydrogens is 327 g/mol. The number of esters is 1. The summed E-state index contributed by atoms with van der Waals surface area (Å²) in [6, 6.07) is 6.26. The third kappa shape index (κ3) is 3.14. The highest BCUT2D eigenvalue weighted by Gasteiger charge is 2.18. The maximum atomic E-state index is 11.9. The van der Waals surface area contributed by atoms with E-state index in [-0.39, 0.29) is 21.4 Å². The fourth-order valence-electron chi connectivity index (χ4n) is 2.03. The van der Waals surface area contributed by atoms with E-state index in [4.69, 9.17) is 27.9 Å². The van der Waals surface area contributed by atoms with Gasteiger partial charge in [-0.2, -0.15) is 5.26 Å². The molecule has 0 atom stereocenters. The summed E-state index contributed by atoms with van der Waals surface area (Å²) in [5.74, 6) is -0.323. The lowest BCUT2D eigenvalue weighted by Crippen LogP contribution is -2.13. The van der Waals surface area contributed by atoms with Crippen molar-refractivity contribution in [1.82, 2.24) is 4.98 Å². The van der Waals surface area contributed by atoms with Gasteiger partial charge in [0.2, 0.25) is 0 Å². The van der Waals surface area contributed by atoms with Crippen molar-refractivity contribution in [2.24, 2.45) is 0 Å². The summed E-state index contributed by atoms with van der Waals surface area (Å²) in [5.41, 5.74) is 0.622. The first kappa shape index (κ1) is 16.1. The first-order chi connectivity index (χ1) is 10.3. The van der Waals surface area contributed by atoms with Crippen LogP contribution < -0.4 is 10.3 Å². The lowest BCUT2D eigenvalue weighted by atomic mass is 10.0. The molecular formula is C15H10Cl2N2O3. The summed E-state index contributed by atoms with van der Waals surface area (Å²) < 4.78 is 4.93. The van der Waals surface area contributed by atoms with Crippen LogP contribution in [0.1, 0.15) is 18.2 Å². The first-order valence-corrected chi connectivity index (χ1v) is 6.91. The number of rotatable bonds is 2. The lowest BCUT2D eigenvalue weighted by Gasteiger charge is -2.11. The fourth-order valence-corrected chi connectivity index (χ4v) is 2.70. The van der Waals surface area contributed by atoms with Crippen LogP contribution in [0.5, 0.6) is 5.75 Å². The maximum Gasteiger partial charge on any atom is 0.308 e. The molecule has 0 radical (unpaired) electrons. The van der Waals surface area contributed by atoms with Gasteiger partial charge in [-0.3, -0.25) is 9.59 Å². The van der Waals surface area contributed by atoms with Crippen molar-refractivity contribution >= 4 is 29.2 Å². The van der Waals surface area contributed by atoms with Crippen LogP contribution in [0.2, 0.25) is 10.0 Å². The standard InChI is InChI=1S/C15H10Cl2N2O3/c1-7-3-10(11(6-18)15(21)19-7)14-12(16)4-9(5-13(14)17)22-8(2)20/h3-5H,1-2H3,(H,19,21). The van der Waals surface area contributed by atoms with Crippen LogP contribution in [0.25, 0.3) is 11.1 Å². The second kappa shape index (κ2) is 6.22. The van der Waals surface area contributed by atoms with Crippen molar-refractivity contribution in [3.63, 3.8) is 0 Å². The van der Waals surface area contributed by atoms with Crippen LogP contribution in [0, 0.1) is 18.3 Å². The fraction of sp³-hybridized carbons (Fsp3) is 0.133. The molecule has 112 valence electrons. The quantitative estimate of drug-likeness (QED) is 0.672. The summed E-state index contributed by atoms with van der Waals surface area (Å²) >= 11 is 12.4. The molecule has 1 aromatic carbocycles. The predicted octanol–water partition coefficient (Wildman–Crippen LogP) is 3.45. The summed E-state index contributed by atoms with van der Waals surface area (Å²) in [7, 11) is 0. The van der Waals surface area contributed by atoms with Crippen molar-refractivity contribution in [3.05, 3.63) is 49.9 Å². The average molecular weight is 337 g/mol. The Hall–Kier alpha value is -2.29. The van der Waals surface area contributed by atoms with Crippen LogP contribution in [-0.2, 0) is 4.79 Å². The molecule has 0 aliphatic rings. The molecule has 22 heavy (non-hydrogen) atoms. The van der Waals surface area contributed by atoms with Crippen molar-refractivity contribution in [2.75, 3.05) is 0 Å². The van der Waals surface area contributed by atoms with Gasteiger partial charge in [0, 0.05) is 35.9 Å². The molecule has 1 aromatic heterocycles. The molecule has 1 heterocycles. The number of aromatic nitrogens is 1. The molecule has 7 heteroatoms. The number of carbonyl (C=O) groups excluding carboxylic acids is 1. The molecule has 5 nitrogen and oxygen atoms in total. The van der Waals surface area contributed by atoms with Crippen molar-refractivity contribution in [1.29, 1.82) is 5.26 Å². The minimum Gasteiger partial charge on any atom is -0.427 e. The number of pyridine rings is 1. The summed E-state index contributed by atoms with van der Waals surface area (Å²) in [4.78, 5) is 25.4. The summed E-state index contributed by atoms with van der Waals surface area (Å²) in [6.07, 6.45) is 0. The Morgan fingerprint density at radius 1 is 1.27 bits per heavy atom. The number of benzene rings is 1. The molecule has 0 fully saturated rings. The normalized spacial score (nSPS) is 10.1. The number of nitrogens with one attached hydrogen (secondary N) is 1. The number of H-pyrrole nitrogens is 1. The number of hydrogen-bond donors (Lipinski definition) is 1. The van der Waals surface area contributed by atoms with Gasteiger partial charge in [0.05, 0.1) is 10.0 Å². The zero-order chi connectivity index (χ0) is 16.4. The molecule has 0 saturated heterocycles. The Balaban J connectivity index is 2.72. The van der Waals surface area contributed by atoms with E-state index in [1.165, 1.54) is 19.1 Å². The lowest BCUT2D eigenvalue weighted by molar-refractivity contribution is -0.131. The maximum absolute atomic E-state index is 11.9. The second-order valence-corrected chi connectivity index (χ2v) is 5.35. The number of nitrogens with zero attached hydrogens (tertiary/aromatic N) is 1. The largest absolute Gasteiger partial charge is 0.427 e. The van der Waals surface area contributed by atoms with Crippen LogP contribution in [0.4, 0.5) is 0 Å². The number of hydrogen-bond acceptors (Lipinski definition) is 4. The van der Waals surface area contributed by atoms with Gasteiger partial charge in [0.25, 0.3) is 5.56 Å². The van der Waals surface area contributed by atoms with Crippen molar-refractivity contribution in [3.8, 4) is 22.9 Å². The highest BCUT2D eigenvalue weighted by molar-refractivity contribution is 6.39. The van der Waals surface area contributed by atoms with Gasteiger partial charge in [-0.25, -0.2) is 0 Å². The molecule has 2 rings (SSSR count). The van der Waals surface area contributed by atoms with Crippen LogP contribution in [-0.4, -0.2) is 11.0 Å². The van der Waals surface area contributed by atoms with Gasteiger partial charge < -0.3 is 9.72 Å². The highest BCUT2D eigenvalue weighted by atomic mass is 35.5. The van der Waals surface area contributed by atoms with Gasteiger partial charge in [0.1, 0.15) is 17.4 Å². The Morgan fingerprint density at radius 3 is 2.36 bits per heavy atom. The molecule has 0 bridgehead atoms. The van der Waals surface area contributed by atoms with Crippen molar-refractivity contribution < 1.29 is 9.53 Å². The molecule has 2 aromatic rings. The van der Waals surface area contributed by atoms with E-state index >= 15 is 0 Å². The van der Waals surface area contributed by atoms with E-state index in [2.05, 4.69) is 4.98 Å². The van der Waals surface area contributed by atoms with Gasteiger partial charge in [-0.1, -0.05) is 23.2 Å². The molecule has 0 amide bonds. The first-order valence-electron chi connectivity index (χ1n) is 6.15. The number of aromatic amines is 1. The van der Waals surface area contributed by atoms with E-state index in [1.54, 1.807) is 13.0 Å². The Kier molecular flexibility index (Phi) is 4.55.